The van der Waals surface area contributed by atoms with Gasteiger partial charge in [0.15, 0.2) is 5.82 Å². The van der Waals surface area contributed by atoms with Gasteiger partial charge in [0.25, 0.3) is 0 Å². The lowest BCUT2D eigenvalue weighted by Crippen LogP contribution is -2.19. The van der Waals surface area contributed by atoms with Gasteiger partial charge in [-0.25, -0.2) is 14.4 Å². The Morgan fingerprint density at radius 1 is 1.00 bits per heavy atom. The van der Waals surface area contributed by atoms with Crippen molar-refractivity contribution in [2.24, 2.45) is 0 Å². The van der Waals surface area contributed by atoms with Crippen LogP contribution in [0.2, 0.25) is 0 Å². The van der Waals surface area contributed by atoms with Crippen molar-refractivity contribution in [3.63, 3.8) is 0 Å². The van der Waals surface area contributed by atoms with Crippen molar-refractivity contribution in [2.75, 3.05) is 0 Å². The minimum absolute atomic E-state index is 0.0176. The van der Waals surface area contributed by atoms with Crippen molar-refractivity contribution in [3.05, 3.63) is 77.7 Å². The van der Waals surface area contributed by atoms with Gasteiger partial charge in [-0.2, -0.15) is 0 Å². The van der Waals surface area contributed by atoms with Crippen LogP contribution in [-0.4, -0.2) is 43.5 Å². The van der Waals surface area contributed by atoms with E-state index in [0.717, 1.165) is 11.3 Å². The molecule has 172 valence electrons. The zero-order valence-electron chi connectivity index (χ0n) is 18.5. The molecule has 0 aliphatic carbocycles. The average Bonchev–Trinajstić information content (AvgIpc) is 2.77. The van der Waals surface area contributed by atoms with Crippen LogP contribution in [0.1, 0.15) is 43.9 Å². The maximum Gasteiger partial charge on any atom is 0.305 e. The molecule has 0 spiro atoms. The molecule has 0 bridgehead atoms. The molecule has 0 saturated heterocycles. The molecule has 1 heterocycles. The number of aliphatic hydroxyl groups excluding tert-OH is 2. The van der Waals surface area contributed by atoms with Gasteiger partial charge in [0.05, 0.1) is 30.0 Å². The molecule has 2 aromatic carbocycles. The summed E-state index contributed by atoms with van der Waals surface area (Å²) in [6, 6.07) is 15.5. The van der Waals surface area contributed by atoms with Crippen molar-refractivity contribution >= 4 is 12.0 Å². The van der Waals surface area contributed by atoms with Crippen LogP contribution < -0.4 is 0 Å². The number of hydrogen-bond acceptors (Lipinski definition) is 5. The Kier molecular flexibility index (Phi) is 8.03. The van der Waals surface area contributed by atoms with Crippen LogP contribution in [0.5, 0.6) is 0 Å². The van der Waals surface area contributed by atoms with E-state index in [2.05, 4.69) is 0 Å². The standard InChI is InChI=1S/C26H27FN2O4/c1-16(2)24-22(13-12-20(30)14-21(31)15-23(32)33)25(17-8-10-19(27)11-9-17)29-26(28-24)18-6-4-3-5-7-18/h3-13,16,20-21,30-31H,14-15H2,1-2H3,(H,32,33)/b13-12+/t20-,21-/m1/s1. The SMILES string of the molecule is CC(C)c1nc(-c2ccccc2)nc(-c2ccc(F)cc2)c1/C=C/[C@@H](O)C[C@@H](O)CC(=O)O. The molecule has 0 fully saturated rings. The van der Waals surface area contributed by atoms with Gasteiger partial charge in [-0.3, -0.25) is 4.79 Å². The average molecular weight is 451 g/mol. The van der Waals surface area contributed by atoms with Crippen molar-refractivity contribution in [2.45, 2.75) is 44.8 Å². The van der Waals surface area contributed by atoms with Gasteiger partial charge in [0, 0.05) is 23.1 Å². The topological polar surface area (TPSA) is 104 Å². The Morgan fingerprint density at radius 2 is 1.67 bits per heavy atom. The van der Waals surface area contributed by atoms with Gasteiger partial charge in [0.2, 0.25) is 0 Å². The van der Waals surface area contributed by atoms with Gasteiger partial charge in [-0.1, -0.05) is 56.3 Å². The van der Waals surface area contributed by atoms with E-state index >= 15 is 0 Å². The number of carboxylic acids is 1. The number of benzene rings is 2. The van der Waals surface area contributed by atoms with Gasteiger partial charge in [0.1, 0.15) is 5.82 Å². The number of aromatic nitrogens is 2. The summed E-state index contributed by atoms with van der Waals surface area (Å²) in [4.78, 5) is 20.3. The van der Waals surface area contributed by atoms with E-state index in [9.17, 15) is 19.4 Å². The first-order chi connectivity index (χ1) is 15.7. The Morgan fingerprint density at radius 3 is 2.27 bits per heavy atom. The van der Waals surface area contributed by atoms with Gasteiger partial charge < -0.3 is 15.3 Å². The van der Waals surface area contributed by atoms with Gasteiger partial charge in [-0.15, -0.1) is 0 Å². The van der Waals surface area contributed by atoms with E-state index in [4.69, 9.17) is 15.1 Å². The predicted octanol–water partition coefficient (Wildman–Crippen LogP) is 4.67. The van der Waals surface area contributed by atoms with Crippen LogP contribution in [0.4, 0.5) is 4.39 Å². The van der Waals surface area contributed by atoms with E-state index in [1.54, 1.807) is 18.2 Å². The van der Waals surface area contributed by atoms with Gasteiger partial charge >= 0.3 is 5.97 Å². The van der Waals surface area contributed by atoms with Crippen LogP contribution in [0.25, 0.3) is 28.7 Å². The van der Waals surface area contributed by atoms with Crippen molar-refractivity contribution < 1.29 is 24.5 Å². The maximum atomic E-state index is 13.6. The van der Waals surface area contributed by atoms with Crippen LogP contribution >= 0.6 is 0 Å². The van der Waals surface area contributed by atoms with E-state index in [0.29, 0.717) is 22.6 Å². The number of hydrogen-bond donors (Lipinski definition) is 3. The van der Waals surface area contributed by atoms with Crippen molar-refractivity contribution in [3.8, 4) is 22.6 Å². The predicted molar refractivity (Wildman–Crippen MR) is 125 cm³/mol. The molecular formula is C26H27FN2O4. The second-order valence-electron chi connectivity index (χ2n) is 8.14. The molecule has 3 N–H and O–H groups in total. The molecule has 33 heavy (non-hydrogen) atoms. The molecule has 1 aromatic heterocycles. The molecule has 6 nitrogen and oxygen atoms in total. The first-order valence-corrected chi connectivity index (χ1v) is 10.7. The molecule has 0 aliphatic heterocycles. The summed E-state index contributed by atoms with van der Waals surface area (Å²) in [6.45, 7) is 3.99. The van der Waals surface area contributed by atoms with Crippen molar-refractivity contribution in [1.29, 1.82) is 0 Å². The third kappa shape index (κ3) is 6.54. The highest BCUT2D eigenvalue weighted by Crippen LogP contribution is 2.32. The first-order valence-electron chi connectivity index (χ1n) is 10.7. The second kappa shape index (κ2) is 10.9. The lowest BCUT2D eigenvalue weighted by Gasteiger charge is -2.17. The van der Waals surface area contributed by atoms with E-state index in [1.165, 1.54) is 18.2 Å². The van der Waals surface area contributed by atoms with E-state index in [1.807, 2.05) is 44.2 Å². The number of carboxylic acid groups (broad SMARTS) is 1. The summed E-state index contributed by atoms with van der Waals surface area (Å²) in [5.41, 5.74) is 3.54. The fourth-order valence-electron chi connectivity index (χ4n) is 3.48. The van der Waals surface area contributed by atoms with Crippen LogP contribution in [0, 0.1) is 5.82 Å². The maximum absolute atomic E-state index is 13.6. The van der Waals surface area contributed by atoms with E-state index in [-0.39, 0.29) is 18.2 Å². The highest BCUT2D eigenvalue weighted by Gasteiger charge is 2.19. The zero-order valence-corrected chi connectivity index (χ0v) is 18.5. The smallest absolute Gasteiger partial charge is 0.305 e. The highest BCUT2D eigenvalue weighted by molar-refractivity contribution is 5.76. The summed E-state index contributed by atoms with van der Waals surface area (Å²) < 4.78 is 13.6. The number of nitrogens with zero attached hydrogens (tertiary/aromatic N) is 2. The molecule has 0 amide bonds. The zero-order chi connectivity index (χ0) is 24.0. The number of carbonyl (C=O) groups is 1. The molecule has 0 radical (unpaired) electrons. The lowest BCUT2D eigenvalue weighted by molar-refractivity contribution is -0.139. The minimum Gasteiger partial charge on any atom is -0.481 e. The summed E-state index contributed by atoms with van der Waals surface area (Å²) >= 11 is 0. The minimum atomic E-state index is -1.17. The number of aliphatic hydroxyl groups is 2. The Balaban J connectivity index is 2.08. The Hall–Kier alpha value is -3.42. The molecular weight excluding hydrogens is 423 g/mol. The molecule has 3 rings (SSSR count). The van der Waals surface area contributed by atoms with E-state index < -0.39 is 24.6 Å². The summed E-state index contributed by atoms with van der Waals surface area (Å²) in [6.07, 6.45) is 0.382. The normalized spacial score (nSPS) is 13.4. The molecule has 0 aliphatic rings. The lowest BCUT2D eigenvalue weighted by atomic mass is 9.96. The third-order valence-corrected chi connectivity index (χ3v) is 5.08. The van der Waals surface area contributed by atoms with Crippen LogP contribution in [0.3, 0.4) is 0 Å². The quantitative estimate of drug-likeness (QED) is 0.438. The Bertz CT molecular complexity index is 1120. The number of rotatable bonds is 9. The highest BCUT2D eigenvalue weighted by atomic mass is 19.1. The summed E-state index contributed by atoms with van der Waals surface area (Å²) in [5, 5.41) is 28.9. The summed E-state index contributed by atoms with van der Waals surface area (Å²) in [7, 11) is 0. The monoisotopic (exact) mass is 450 g/mol. The van der Waals surface area contributed by atoms with Crippen LogP contribution in [-0.2, 0) is 4.79 Å². The number of halogens is 1. The third-order valence-electron chi connectivity index (χ3n) is 5.08. The largest absolute Gasteiger partial charge is 0.481 e. The van der Waals surface area contributed by atoms with Gasteiger partial charge in [-0.05, 0) is 30.2 Å². The Labute approximate surface area is 192 Å². The fraction of sp³-hybridized carbons (Fsp3) is 0.269. The first kappa shape index (κ1) is 24.2. The van der Waals surface area contributed by atoms with Crippen molar-refractivity contribution in [1.82, 2.24) is 9.97 Å². The molecule has 0 saturated carbocycles. The molecule has 3 aromatic rings. The molecule has 7 heteroatoms. The second-order valence-corrected chi connectivity index (χ2v) is 8.14. The molecule has 2 atom stereocenters. The number of aliphatic carboxylic acids is 1. The fourth-order valence-corrected chi connectivity index (χ4v) is 3.48. The van der Waals surface area contributed by atoms with Crippen LogP contribution in [0.15, 0.2) is 60.7 Å². The molecule has 0 unspecified atom stereocenters. The summed E-state index contributed by atoms with van der Waals surface area (Å²) in [5.74, 6) is -0.943.